The van der Waals surface area contributed by atoms with Gasteiger partial charge in [0.1, 0.15) is 0 Å². The van der Waals surface area contributed by atoms with Crippen molar-refractivity contribution < 1.29 is 0 Å². The van der Waals surface area contributed by atoms with Gasteiger partial charge in [0.25, 0.3) is 0 Å². The van der Waals surface area contributed by atoms with Crippen molar-refractivity contribution in [3.63, 3.8) is 0 Å². The Balaban J connectivity index is 1.70. The summed E-state index contributed by atoms with van der Waals surface area (Å²) in [5.41, 5.74) is 7.73. The zero-order valence-electron chi connectivity index (χ0n) is 13.1. The van der Waals surface area contributed by atoms with Gasteiger partial charge in [-0.1, -0.05) is 60.7 Å². The molecule has 0 saturated heterocycles. The second kappa shape index (κ2) is 6.48. The van der Waals surface area contributed by atoms with Crippen LogP contribution in [0.2, 0.25) is 0 Å². The fourth-order valence-electron chi connectivity index (χ4n) is 2.61. The van der Waals surface area contributed by atoms with Gasteiger partial charge >= 0.3 is 0 Å². The maximum atomic E-state index is 3.51. The Morgan fingerprint density at radius 2 is 1.36 bits per heavy atom. The van der Waals surface area contributed by atoms with Crippen LogP contribution in [-0.2, 0) is 6.54 Å². The van der Waals surface area contributed by atoms with E-state index in [0.717, 1.165) is 12.2 Å². The summed E-state index contributed by atoms with van der Waals surface area (Å²) in [6, 6.07) is 25.6. The summed E-state index contributed by atoms with van der Waals surface area (Å²) in [5, 5.41) is 3.51. The third-order valence-corrected chi connectivity index (χ3v) is 4.19. The van der Waals surface area contributed by atoms with Crippen molar-refractivity contribution in [2.75, 3.05) is 5.32 Å². The lowest BCUT2D eigenvalue weighted by Gasteiger charge is -2.11. The lowest BCUT2D eigenvalue weighted by Crippen LogP contribution is -2.02. The third kappa shape index (κ3) is 3.20. The molecule has 0 spiro atoms. The van der Waals surface area contributed by atoms with Crippen LogP contribution in [0.4, 0.5) is 5.69 Å². The molecule has 3 aromatic rings. The Morgan fingerprint density at radius 1 is 0.682 bits per heavy atom. The minimum atomic E-state index is 0.859. The molecule has 0 fully saturated rings. The van der Waals surface area contributed by atoms with E-state index in [1.807, 2.05) is 6.07 Å². The van der Waals surface area contributed by atoms with E-state index >= 15 is 0 Å². The van der Waals surface area contributed by atoms with Crippen LogP contribution in [0.3, 0.4) is 0 Å². The predicted molar refractivity (Wildman–Crippen MR) is 95.1 cm³/mol. The second-order valence-corrected chi connectivity index (χ2v) is 5.66. The van der Waals surface area contributed by atoms with Gasteiger partial charge in [-0.15, -0.1) is 0 Å². The molecule has 0 aliphatic carbocycles. The van der Waals surface area contributed by atoms with Crippen LogP contribution in [0.25, 0.3) is 11.1 Å². The van der Waals surface area contributed by atoms with Crippen LogP contribution in [0.5, 0.6) is 0 Å². The summed E-state index contributed by atoms with van der Waals surface area (Å²) >= 11 is 0. The molecule has 0 aliphatic heterocycles. The third-order valence-electron chi connectivity index (χ3n) is 4.19. The number of aryl methyl sites for hydroxylation is 1. The summed E-state index contributed by atoms with van der Waals surface area (Å²) in [7, 11) is 0. The fourth-order valence-corrected chi connectivity index (χ4v) is 2.61. The molecule has 3 rings (SSSR count). The van der Waals surface area contributed by atoms with E-state index in [4.69, 9.17) is 0 Å². The molecular weight excluding hydrogens is 266 g/mol. The molecule has 1 N–H and O–H groups in total. The van der Waals surface area contributed by atoms with Gasteiger partial charge in [0.2, 0.25) is 0 Å². The van der Waals surface area contributed by atoms with Crippen molar-refractivity contribution in [2.24, 2.45) is 0 Å². The normalized spacial score (nSPS) is 10.5. The van der Waals surface area contributed by atoms with Gasteiger partial charge < -0.3 is 5.32 Å². The van der Waals surface area contributed by atoms with Crippen molar-refractivity contribution in [3.05, 3.63) is 89.5 Å². The van der Waals surface area contributed by atoms with Gasteiger partial charge in [-0.2, -0.15) is 0 Å². The number of nitrogens with one attached hydrogen (secondary N) is 1. The van der Waals surface area contributed by atoms with E-state index in [2.05, 4.69) is 85.9 Å². The van der Waals surface area contributed by atoms with E-state index in [-0.39, 0.29) is 0 Å². The average molecular weight is 287 g/mol. The van der Waals surface area contributed by atoms with Gasteiger partial charge in [0.15, 0.2) is 0 Å². The zero-order chi connectivity index (χ0) is 15.4. The van der Waals surface area contributed by atoms with Gasteiger partial charge in [0, 0.05) is 12.2 Å². The van der Waals surface area contributed by atoms with Crippen LogP contribution in [0.1, 0.15) is 16.7 Å². The maximum Gasteiger partial charge on any atom is 0.0403 e. The lowest BCUT2D eigenvalue weighted by atomic mass is 10.0. The number of anilines is 1. The number of benzene rings is 3. The molecule has 0 bridgehead atoms. The summed E-state index contributed by atoms with van der Waals surface area (Å²) in [6.07, 6.45) is 0. The van der Waals surface area contributed by atoms with Crippen molar-refractivity contribution >= 4 is 5.69 Å². The molecule has 0 aromatic heterocycles. The van der Waals surface area contributed by atoms with Crippen LogP contribution < -0.4 is 5.32 Å². The Hall–Kier alpha value is -2.54. The Labute approximate surface area is 132 Å². The molecule has 110 valence electrons. The highest BCUT2D eigenvalue weighted by Crippen LogP contribution is 2.21. The van der Waals surface area contributed by atoms with Gasteiger partial charge in [-0.05, 0) is 53.8 Å². The fraction of sp³-hybridized carbons (Fsp3) is 0.143. The van der Waals surface area contributed by atoms with E-state index in [9.17, 15) is 0 Å². The molecule has 3 aromatic carbocycles. The standard InChI is InChI=1S/C21H21N/c1-16-7-6-10-20(17(16)2)15-22-21-13-11-19(12-14-21)18-8-4-3-5-9-18/h3-14,22H,15H2,1-2H3. The van der Waals surface area contributed by atoms with Gasteiger partial charge in [-0.3, -0.25) is 0 Å². The maximum absolute atomic E-state index is 3.51. The lowest BCUT2D eigenvalue weighted by molar-refractivity contribution is 1.10. The van der Waals surface area contributed by atoms with E-state index in [0.29, 0.717) is 0 Å². The Kier molecular flexibility index (Phi) is 4.24. The molecule has 0 unspecified atom stereocenters. The first kappa shape index (κ1) is 14.4. The molecule has 22 heavy (non-hydrogen) atoms. The average Bonchev–Trinajstić information content (AvgIpc) is 2.57. The Morgan fingerprint density at radius 3 is 2.09 bits per heavy atom. The first-order valence-electron chi connectivity index (χ1n) is 7.68. The molecule has 0 radical (unpaired) electrons. The summed E-state index contributed by atoms with van der Waals surface area (Å²) in [4.78, 5) is 0. The minimum Gasteiger partial charge on any atom is -0.381 e. The summed E-state index contributed by atoms with van der Waals surface area (Å²) in [6.45, 7) is 5.20. The molecule has 1 heteroatoms. The topological polar surface area (TPSA) is 12.0 Å². The van der Waals surface area contributed by atoms with Crippen molar-refractivity contribution in [2.45, 2.75) is 20.4 Å². The van der Waals surface area contributed by atoms with Crippen LogP contribution in [0.15, 0.2) is 72.8 Å². The van der Waals surface area contributed by atoms with Crippen LogP contribution in [0, 0.1) is 13.8 Å². The molecule has 0 saturated carbocycles. The number of hydrogen-bond acceptors (Lipinski definition) is 1. The highest BCUT2D eigenvalue weighted by atomic mass is 14.9. The molecule has 1 nitrogen and oxygen atoms in total. The Bertz CT molecular complexity index is 743. The first-order chi connectivity index (χ1) is 10.7. The molecule has 0 atom stereocenters. The molecule has 0 aliphatic rings. The zero-order valence-corrected chi connectivity index (χ0v) is 13.1. The van der Waals surface area contributed by atoms with E-state index < -0.39 is 0 Å². The van der Waals surface area contributed by atoms with Crippen LogP contribution >= 0.6 is 0 Å². The second-order valence-electron chi connectivity index (χ2n) is 5.66. The van der Waals surface area contributed by atoms with Crippen LogP contribution in [-0.4, -0.2) is 0 Å². The molecular formula is C21H21N. The highest BCUT2D eigenvalue weighted by molar-refractivity contribution is 5.65. The minimum absolute atomic E-state index is 0.859. The molecule has 0 heterocycles. The first-order valence-corrected chi connectivity index (χ1v) is 7.68. The largest absolute Gasteiger partial charge is 0.381 e. The summed E-state index contributed by atoms with van der Waals surface area (Å²) in [5.74, 6) is 0. The number of rotatable bonds is 4. The molecule has 0 amide bonds. The predicted octanol–water partition coefficient (Wildman–Crippen LogP) is 5.58. The summed E-state index contributed by atoms with van der Waals surface area (Å²) < 4.78 is 0. The number of hydrogen-bond donors (Lipinski definition) is 1. The quantitative estimate of drug-likeness (QED) is 0.660. The van der Waals surface area contributed by atoms with Crippen molar-refractivity contribution in [3.8, 4) is 11.1 Å². The van der Waals surface area contributed by atoms with Crippen molar-refractivity contribution in [1.29, 1.82) is 0 Å². The van der Waals surface area contributed by atoms with E-state index in [1.54, 1.807) is 0 Å². The highest BCUT2D eigenvalue weighted by Gasteiger charge is 2.01. The van der Waals surface area contributed by atoms with Crippen molar-refractivity contribution in [1.82, 2.24) is 0 Å². The SMILES string of the molecule is Cc1cccc(CNc2ccc(-c3ccccc3)cc2)c1C. The monoisotopic (exact) mass is 287 g/mol. The smallest absolute Gasteiger partial charge is 0.0403 e. The van der Waals surface area contributed by atoms with E-state index in [1.165, 1.54) is 27.8 Å². The van der Waals surface area contributed by atoms with Gasteiger partial charge in [0.05, 0.1) is 0 Å². The van der Waals surface area contributed by atoms with Gasteiger partial charge in [-0.25, -0.2) is 0 Å².